The average molecular weight is 585 g/mol. The number of rotatable bonds is 3. The van der Waals surface area contributed by atoms with Gasteiger partial charge >= 0.3 is 0 Å². The van der Waals surface area contributed by atoms with Crippen LogP contribution in [0.15, 0.2) is 103 Å². The van der Waals surface area contributed by atoms with E-state index in [4.69, 9.17) is 9.97 Å². The first-order valence-electron chi connectivity index (χ1n) is 14.8. The minimum absolute atomic E-state index is 0.155. The topological polar surface area (TPSA) is 97.8 Å². The molecule has 216 valence electrons. The molecule has 0 saturated heterocycles. The third-order valence-electron chi connectivity index (χ3n) is 8.26. The second-order valence-electron chi connectivity index (χ2n) is 11.3. The number of H-pyrrole nitrogens is 2. The van der Waals surface area contributed by atoms with E-state index in [2.05, 4.69) is 47.2 Å². The Morgan fingerprint density at radius 2 is 1.04 bits per heavy atom. The van der Waals surface area contributed by atoms with Gasteiger partial charge in [-0.05, 0) is 79.3 Å². The number of aromatic nitrogens is 4. The summed E-state index contributed by atoms with van der Waals surface area (Å²) < 4.78 is 0. The molecule has 6 heteroatoms. The lowest BCUT2D eigenvalue weighted by atomic mass is 10.0. The second kappa shape index (κ2) is 10.5. The van der Waals surface area contributed by atoms with E-state index in [0.717, 1.165) is 55.7 Å². The average Bonchev–Trinajstić information content (AvgIpc) is 3.87. The summed E-state index contributed by atoms with van der Waals surface area (Å²) in [6, 6.07) is 33.1. The van der Waals surface area contributed by atoms with E-state index in [1.54, 1.807) is 18.2 Å². The van der Waals surface area contributed by atoms with Crippen LogP contribution in [-0.4, -0.2) is 30.1 Å². The number of fused-ring (bicyclic) bond motifs is 8. The van der Waals surface area contributed by atoms with Crippen molar-refractivity contribution in [3.63, 3.8) is 0 Å². The van der Waals surface area contributed by atoms with Crippen molar-refractivity contribution in [3.05, 3.63) is 131 Å². The first kappa shape index (κ1) is 26.5. The Morgan fingerprint density at radius 3 is 1.69 bits per heavy atom. The van der Waals surface area contributed by atoms with Gasteiger partial charge in [0.15, 0.2) is 0 Å². The van der Waals surface area contributed by atoms with Crippen molar-refractivity contribution in [1.29, 1.82) is 0 Å². The number of benzene rings is 3. The number of phenolic OH excluding ortho intramolecular Hbond substituents is 2. The number of aryl methyl sites for hydroxylation is 1. The van der Waals surface area contributed by atoms with Gasteiger partial charge in [-0.1, -0.05) is 66.2 Å². The first-order valence-corrected chi connectivity index (χ1v) is 14.8. The highest BCUT2D eigenvalue weighted by Crippen LogP contribution is 2.40. The maximum absolute atomic E-state index is 11.1. The van der Waals surface area contributed by atoms with Crippen LogP contribution in [0.25, 0.3) is 79.8 Å². The van der Waals surface area contributed by atoms with Crippen molar-refractivity contribution in [2.75, 3.05) is 0 Å². The largest absolute Gasteiger partial charge is 0.507 e. The zero-order valence-corrected chi connectivity index (χ0v) is 24.4. The molecule has 0 saturated carbocycles. The summed E-state index contributed by atoms with van der Waals surface area (Å²) in [6.45, 7) is 2.08. The van der Waals surface area contributed by atoms with Crippen LogP contribution in [0.2, 0.25) is 0 Å². The highest BCUT2D eigenvalue weighted by atomic mass is 16.3. The van der Waals surface area contributed by atoms with Crippen LogP contribution in [-0.2, 0) is 0 Å². The summed E-state index contributed by atoms with van der Waals surface area (Å²) in [7, 11) is 0. The Balaban J connectivity index is 1.55. The predicted octanol–water partition coefficient (Wildman–Crippen LogP) is 9.38. The lowest BCUT2D eigenvalue weighted by Gasteiger charge is -2.08. The van der Waals surface area contributed by atoms with E-state index in [1.165, 1.54) is 5.56 Å². The molecule has 45 heavy (non-hydrogen) atoms. The Kier molecular flexibility index (Phi) is 6.20. The summed E-state index contributed by atoms with van der Waals surface area (Å²) >= 11 is 0. The molecule has 4 N–H and O–H groups in total. The monoisotopic (exact) mass is 584 g/mol. The van der Waals surface area contributed by atoms with Crippen molar-refractivity contribution in [1.82, 2.24) is 19.9 Å². The number of aromatic hydroxyl groups is 2. The van der Waals surface area contributed by atoms with Crippen LogP contribution in [0, 0.1) is 6.92 Å². The Morgan fingerprint density at radius 1 is 0.511 bits per heavy atom. The molecule has 2 aliphatic rings. The van der Waals surface area contributed by atoms with Crippen LogP contribution in [0.4, 0.5) is 0 Å². The summed E-state index contributed by atoms with van der Waals surface area (Å²) in [4.78, 5) is 17.4. The van der Waals surface area contributed by atoms with E-state index >= 15 is 0 Å². The number of para-hydroxylation sites is 2. The Bertz CT molecular complexity index is 2360. The predicted molar refractivity (Wildman–Crippen MR) is 183 cm³/mol. The zero-order chi connectivity index (χ0) is 30.5. The van der Waals surface area contributed by atoms with Crippen LogP contribution in [0.1, 0.15) is 28.3 Å². The second-order valence-corrected chi connectivity index (χ2v) is 11.3. The molecule has 5 heterocycles. The molecule has 0 radical (unpaired) electrons. The maximum Gasteiger partial charge on any atom is 0.123 e. The molecule has 3 aromatic heterocycles. The SMILES string of the molecule is Cc1ccc(-c2c3nc(cc4ccc([nH]4)c(-c4ccccc4O)c4nc(c(-c5ccccc5O)c5ccc2[nH]5)C=C4)C=C3)cc1. The fraction of sp³-hybridized carbons (Fsp3) is 0.0256. The number of nitrogens with zero attached hydrogens (tertiary/aromatic N) is 2. The van der Waals surface area contributed by atoms with E-state index in [-0.39, 0.29) is 11.5 Å². The molecular weight excluding hydrogens is 556 g/mol. The minimum atomic E-state index is 0.155. The summed E-state index contributed by atoms with van der Waals surface area (Å²) in [5, 5.41) is 22.0. The number of phenols is 2. The fourth-order valence-corrected chi connectivity index (χ4v) is 6.10. The molecule has 6 aromatic rings. The van der Waals surface area contributed by atoms with Gasteiger partial charge in [-0.2, -0.15) is 0 Å². The van der Waals surface area contributed by atoms with Gasteiger partial charge in [-0.3, -0.25) is 0 Å². The number of aromatic amines is 2. The van der Waals surface area contributed by atoms with Crippen LogP contribution >= 0.6 is 0 Å². The molecule has 2 aliphatic heterocycles. The molecule has 6 nitrogen and oxygen atoms in total. The molecule has 0 aliphatic carbocycles. The van der Waals surface area contributed by atoms with Crippen molar-refractivity contribution in [2.24, 2.45) is 0 Å². The molecule has 0 amide bonds. The van der Waals surface area contributed by atoms with Crippen molar-refractivity contribution < 1.29 is 10.2 Å². The van der Waals surface area contributed by atoms with E-state index < -0.39 is 0 Å². The van der Waals surface area contributed by atoms with E-state index in [9.17, 15) is 10.2 Å². The first-order chi connectivity index (χ1) is 22.0. The molecule has 0 spiro atoms. The molecule has 8 rings (SSSR count). The fourth-order valence-electron chi connectivity index (χ4n) is 6.10. The molecule has 0 atom stereocenters. The maximum atomic E-state index is 11.1. The summed E-state index contributed by atoms with van der Waals surface area (Å²) in [5.41, 5.74) is 12.5. The summed E-state index contributed by atoms with van der Waals surface area (Å²) in [5.74, 6) is 0.314. The number of hydrogen-bond acceptors (Lipinski definition) is 4. The van der Waals surface area contributed by atoms with Crippen LogP contribution in [0.3, 0.4) is 0 Å². The van der Waals surface area contributed by atoms with Crippen LogP contribution in [0.5, 0.6) is 11.5 Å². The normalized spacial score (nSPS) is 12.1. The lowest BCUT2D eigenvalue weighted by Crippen LogP contribution is -1.89. The van der Waals surface area contributed by atoms with Gasteiger partial charge in [0.25, 0.3) is 0 Å². The Hall–Kier alpha value is -6.14. The van der Waals surface area contributed by atoms with Gasteiger partial charge in [0.05, 0.1) is 22.8 Å². The molecule has 8 bridgehead atoms. The highest BCUT2D eigenvalue weighted by molar-refractivity contribution is 5.98. The van der Waals surface area contributed by atoms with Gasteiger partial charge in [-0.25, -0.2) is 9.97 Å². The quantitative estimate of drug-likeness (QED) is 0.166. The highest BCUT2D eigenvalue weighted by Gasteiger charge is 2.19. The van der Waals surface area contributed by atoms with Gasteiger partial charge in [-0.15, -0.1) is 0 Å². The van der Waals surface area contributed by atoms with E-state index in [1.807, 2.05) is 78.9 Å². The Labute approximate surface area is 259 Å². The van der Waals surface area contributed by atoms with Crippen molar-refractivity contribution in [3.8, 4) is 44.9 Å². The van der Waals surface area contributed by atoms with Gasteiger partial charge in [0.2, 0.25) is 0 Å². The van der Waals surface area contributed by atoms with Crippen LogP contribution < -0.4 is 0 Å². The molecule has 3 aromatic carbocycles. The third kappa shape index (κ3) is 4.69. The minimum Gasteiger partial charge on any atom is -0.507 e. The zero-order valence-electron chi connectivity index (χ0n) is 24.4. The van der Waals surface area contributed by atoms with E-state index in [0.29, 0.717) is 22.5 Å². The van der Waals surface area contributed by atoms with Crippen molar-refractivity contribution in [2.45, 2.75) is 6.92 Å². The number of hydrogen-bond donors (Lipinski definition) is 4. The van der Waals surface area contributed by atoms with Gasteiger partial charge in [0, 0.05) is 49.9 Å². The molecule has 0 fully saturated rings. The van der Waals surface area contributed by atoms with Gasteiger partial charge in [0.1, 0.15) is 11.5 Å². The standard InChI is InChI=1S/C39H28N4O2/c1-23-10-12-24(13-11-23)37-29-16-14-25(40-29)22-26-15-17-31(41-26)38(27-6-2-4-8-35(27)44)32-20-21-34(43-32)39(33-19-18-30(37)42-33)28-7-3-5-9-36(28)45/h2-22,41-42,44-45H,1H3. The molecule has 0 unspecified atom stereocenters. The van der Waals surface area contributed by atoms with Crippen molar-refractivity contribution >= 4 is 46.4 Å². The number of nitrogens with one attached hydrogen (secondary N) is 2. The molecular formula is C39H28N4O2. The summed E-state index contributed by atoms with van der Waals surface area (Å²) in [6.07, 6.45) is 7.98. The third-order valence-corrected chi connectivity index (χ3v) is 8.26. The lowest BCUT2D eigenvalue weighted by molar-refractivity contribution is 0.477. The van der Waals surface area contributed by atoms with Gasteiger partial charge < -0.3 is 20.2 Å². The smallest absolute Gasteiger partial charge is 0.123 e.